The van der Waals surface area contributed by atoms with Crippen LogP contribution >= 0.6 is 27.3 Å². The van der Waals surface area contributed by atoms with Gasteiger partial charge < -0.3 is 5.32 Å². The lowest BCUT2D eigenvalue weighted by Gasteiger charge is -2.25. The normalized spacial score (nSPS) is 17.5. The molecule has 1 N–H and O–H groups in total. The Bertz CT molecular complexity index is 521. The average Bonchev–Trinajstić information content (AvgIpc) is 3.11. The lowest BCUT2D eigenvalue weighted by molar-refractivity contribution is 0.475. The summed E-state index contributed by atoms with van der Waals surface area (Å²) >= 11 is 5.37. The van der Waals surface area contributed by atoms with Gasteiger partial charge in [-0.1, -0.05) is 18.9 Å². The molecule has 0 radical (unpaired) electrons. The van der Waals surface area contributed by atoms with Crippen molar-refractivity contribution >= 4 is 33.0 Å². The molecular weight excluding hydrogens is 320 g/mol. The van der Waals surface area contributed by atoms with Gasteiger partial charge in [-0.2, -0.15) is 0 Å². The average molecular weight is 337 g/mol. The number of halogens is 1. The molecule has 0 aliphatic heterocycles. The Hall–Kier alpha value is -0.870. The summed E-state index contributed by atoms with van der Waals surface area (Å²) in [5.74, 6) is 0.741. The maximum Gasteiger partial charge on any atom is 0.129 e. The van der Waals surface area contributed by atoms with E-state index in [4.69, 9.17) is 0 Å². The van der Waals surface area contributed by atoms with E-state index in [0.717, 1.165) is 16.2 Å². The van der Waals surface area contributed by atoms with E-state index in [1.165, 1.54) is 30.6 Å². The van der Waals surface area contributed by atoms with Gasteiger partial charge in [-0.3, -0.25) is 0 Å². The molecule has 0 aromatic carbocycles. The molecule has 1 saturated carbocycles. The maximum absolute atomic E-state index is 4.30. The van der Waals surface area contributed by atoms with Crippen LogP contribution in [0.25, 0.3) is 0 Å². The van der Waals surface area contributed by atoms with E-state index in [2.05, 4.69) is 49.8 Å². The van der Waals surface area contributed by atoms with Gasteiger partial charge in [0.05, 0.1) is 11.7 Å². The number of rotatable bonds is 4. The SMILES string of the molecule is Brc1ncccc1NC(c1cccs1)C1CCCC1. The minimum atomic E-state index is 0.419. The number of thiophene rings is 1. The van der Waals surface area contributed by atoms with Crippen LogP contribution in [0.3, 0.4) is 0 Å². The summed E-state index contributed by atoms with van der Waals surface area (Å²) in [7, 11) is 0. The Morgan fingerprint density at radius 3 is 2.79 bits per heavy atom. The number of aromatic nitrogens is 1. The van der Waals surface area contributed by atoms with Gasteiger partial charge in [0.2, 0.25) is 0 Å². The fraction of sp³-hybridized carbons (Fsp3) is 0.400. The lowest BCUT2D eigenvalue weighted by Crippen LogP contribution is -2.18. The zero-order valence-corrected chi connectivity index (χ0v) is 13.1. The fourth-order valence-corrected chi connectivity index (χ4v) is 4.08. The molecule has 0 bridgehead atoms. The number of hydrogen-bond acceptors (Lipinski definition) is 3. The zero-order valence-electron chi connectivity index (χ0n) is 10.7. The van der Waals surface area contributed by atoms with Crippen LogP contribution in [0.15, 0.2) is 40.4 Å². The van der Waals surface area contributed by atoms with Crippen LogP contribution < -0.4 is 5.32 Å². The highest BCUT2D eigenvalue weighted by molar-refractivity contribution is 9.10. The molecular formula is C15H17BrN2S. The predicted octanol–water partition coefficient (Wildman–Crippen LogP) is 5.25. The Kier molecular flexibility index (Phi) is 4.18. The van der Waals surface area contributed by atoms with Gasteiger partial charge in [0.15, 0.2) is 0 Å². The first kappa shape index (κ1) is 13.1. The van der Waals surface area contributed by atoms with E-state index in [-0.39, 0.29) is 0 Å². The number of nitrogens with one attached hydrogen (secondary N) is 1. The van der Waals surface area contributed by atoms with E-state index < -0.39 is 0 Å². The van der Waals surface area contributed by atoms with Gasteiger partial charge in [-0.05, 0) is 58.3 Å². The maximum atomic E-state index is 4.30. The van der Waals surface area contributed by atoms with Crippen LogP contribution in [-0.2, 0) is 0 Å². The van der Waals surface area contributed by atoms with Gasteiger partial charge in [-0.15, -0.1) is 11.3 Å². The number of pyridine rings is 1. The van der Waals surface area contributed by atoms with E-state index in [1.54, 1.807) is 0 Å². The van der Waals surface area contributed by atoms with Crippen LogP contribution in [0.4, 0.5) is 5.69 Å². The van der Waals surface area contributed by atoms with Crippen LogP contribution in [-0.4, -0.2) is 4.98 Å². The number of anilines is 1. The lowest BCUT2D eigenvalue weighted by atomic mass is 9.96. The molecule has 3 rings (SSSR count). The van der Waals surface area contributed by atoms with Crippen molar-refractivity contribution in [2.75, 3.05) is 5.32 Å². The van der Waals surface area contributed by atoms with Crippen molar-refractivity contribution in [1.82, 2.24) is 4.98 Å². The standard InChI is InChI=1S/C15H17BrN2S/c16-15-12(7-3-9-17-15)18-14(11-5-1-2-6-11)13-8-4-10-19-13/h3-4,7-11,14,18H,1-2,5-6H2. The third-order valence-corrected chi connectivity index (χ3v) is 5.38. The summed E-state index contributed by atoms with van der Waals surface area (Å²) in [5, 5.41) is 5.86. The first-order valence-electron chi connectivity index (χ1n) is 6.75. The molecule has 0 amide bonds. The fourth-order valence-electron chi connectivity index (χ4n) is 2.84. The van der Waals surface area contributed by atoms with Gasteiger partial charge >= 0.3 is 0 Å². The van der Waals surface area contributed by atoms with E-state index in [1.807, 2.05) is 23.6 Å². The second-order valence-electron chi connectivity index (χ2n) is 5.02. The molecule has 2 aromatic heterocycles. The summed E-state index contributed by atoms with van der Waals surface area (Å²) in [5.41, 5.74) is 1.09. The van der Waals surface area contributed by atoms with Crippen molar-refractivity contribution in [2.24, 2.45) is 5.92 Å². The molecule has 2 nitrogen and oxygen atoms in total. The molecule has 1 fully saturated rings. The monoisotopic (exact) mass is 336 g/mol. The summed E-state index contributed by atoms with van der Waals surface area (Å²) in [6.07, 6.45) is 7.19. The Morgan fingerprint density at radius 2 is 2.11 bits per heavy atom. The van der Waals surface area contributed by atoms with Crippen LogP contribution in [0.1, 0.15) is 36.6 Å². The largest absolute Gasteiger partial charge is 0.375 e. The number of nitrogens with zero attached hydrogens (tertiary/aromatic N) is 1. The minimum absolute atomic E-state index is 0.419. The van der Waals surface area contributed by atoms with E-state index in [9.17, 15) is 0 Å². The summed E-state index contributed by atoms with van der Waals surface area (Å²) in [6, 6.07) is 8.87. The third kappa shape index (κ3) is 3.00. The van der Waals surface area contributed by atoms with Gasteiger partial charge in [-0.25, -0.2) is 4.98 Å². The Balaban J connectivity index is 1.85. The van der Waals surface area contributed by atoms with Crippen molar-refractivity contribution in [1.29, 1.82) is 0 Å². The molecule has 0 spiro atoms. The molecule has 1 unspecified atom stereocenters. The highest BCUT2D eigenvalue weighted by Gasteiger charge is 2.27. The van der Waals surface area contributed by atoms with Crippen LogP contribution in [0.2, 0.25) is 0 Å². The summed E-state index contributed by atoms with van der Waals surface area (Å²) < 4.78 is 0.898. The molecule has 100 valence electrons. The topological polar surface area (TPSA) is 24.9 Å². The van der Waals surface area contributed by atoms with Crippen molar-refractivity contribution in [3.63, 3.8) is 0 Å². The summed E-state index contributed by atoms with van der Waals surface area (Å²) in [4.78, 5) is 5.73. The molecule has 1 aliphatic rings. The van der Waals surface area contributed by atoms with Crippen molar-refractivity contribution in [3.05, 3.63) is 45.3 Å². The van der Waals surface area contributed by atoms with Crippen molar-refractivity contribution < 1.29 is 0 Å². The van der Waals surface area contributed by atoms with Crippen molar-refractivity contribution in [3.8, 4) is 0 Å². The molecule has 4 heteroatoms. The minimum Gasteiger partial charge on any atom is -0.375 e. The molecule has 2 aromatic rings. The molecule has 0 saturated heterocycles. The third-order valence-electron chi connectivity index (χ3n) is 3.79. The second kappa shape index (κ2) is 6.06. The summed E-state index contributed by atoms with van der Waals surface area (Å²) in [6.45, 7) is 0. The first-order chi connectivity index (χ1) is 9.34. The smallest absolute Gasteiger partial charge is 0.129 e. The molecule has 19 heavy (non-hydrogen) atoms. The van der Waals surface area contributed by atoms with Crippen molar-refractivity contribution in [2.45, 2.75) is 31.7 Å². The van der Waals surface area contributed by atoms with E-state index in [0.29, 0.717) is 6.04 Å². The van der Waals surface area contributed by atoms with Gasteiger partial charge in [0.25, 0.3) is 0 Å². The Labute approximate surface area is 126 Å². The van der Waals surface area contributed by atoms with Crippen LogP contribution in [0, 0.1) is 5.92 Å². The quantitative estimate of drug-likeness (QED) is 0.771. The van der Waals surface area contributed by atoms with Crippen LogP contribution in [0.5, 0.6) is 0 Å². The zero-order chi connectivity index (χ0) is 13.1. The number of hydrogen-bond donors (Lipinski definition) is 1. The molecule has 1 atom stereocenters. The molecule has 1 aliphatic carbocycles. The second-order valence-corrected chi connectivity index (χ2v) is 6.75. The highest BCUT2D eigenvalue weighted by atomic mass is 79.9. The first-order valence-corrected chi connectivity index (χ1v) is 8.42. The predicted molar refractivity (Wildman–Crippen MR) is 84.6 cm³/mol. The highest BCUT2D eigenvalue weighted by Crippen LogP contribution is 2.40. The van der Waals surface area contributed by atoms with Gasteiger partial charge in [0, 0.05) is 11.1 Å². The Morgan fingerprint density at radius 1 is 1.26 bits per heavy atom. The van der Waals surface area contributed by atoms with E-state index >= 15 is 0 Å². The molecule has 2 heterocycles. The van der Waals surface area contributed by atoms with Gasteiger partial charge in [0.1, 0.15) is 4.60 Å².